The first-order chi connectivity index (χ1) is 11.1. The van der Waals surface area contributed by atoms with Crippen LogP contribution in [0.4, 0.5) is 0 Å². The number of fused-ring (bicyclic) bond motifs is 1. The average molecular weight is 312 g/mol. The summed E-state index contributed by atoms with van der Waals surface area (Å²) in [6.45, 7) is 8.47. The van der Waals surface area contributed by atoms with Gasteiger partial charge in [0.1, 0.15) is 13.2 Å². The zero-order valence-corrected chi connectivity index (χ0v) is 14.0. The number of rotatable bonds is 5. The van der Waals surface area contributed by atoms with Crippen molar-refractivity contribution < 1.29 is 9.47 Å². The van der Waals surface area contributed by atoms with Crippen LogP contribution in [0.2, 0.25) is 0 Å². The van der Waals surface area contributed by atoms with Gasteiger partial charge < -0.3 is 14.8 Å². The average Bonchev–Trinajstić information content (AvgIpc) is 2.56. The van der Waals surface area contributed by atoms with Gasteiger partial charge in [-0.15, -0.1) is 0 Å². The zero-order chi connectivity index (χ0) is 16.2. The van der Waals surface area contributed by atoms with Crippen LogP contribution in [-0.2, 0) is 6.54 Å². The smallest absolute Gasteiger partial charge is 0.161 e. The van der Waals surface area contributed by atoms with Gasteiger partial charge in [0.05, 0.1) is 5.69 Å². The van der Waals surface area contributed by atoms with E-state index in [-0.39, 0.29) is 6.04 Å². The molecule has 1 aromatic heterocycles. The summed E-state index contributed by atoms with van der Waals surface area (Å²) >= 11 is 0. The summed E-state index contributed by atoms with van der Waals surface area (Å²) in [7, 11) is 0. The molecule has 4 nitrogen and oxygen atoms in total. The van der Waals surface area contributed by atoms with E-state index in [0.29, 0.717) is 19.1 Å². The predicted octanol–water partition coefficient (Wildman–Crippen LogP) is 3.65. The zero-order valence-electron chi connectivity index (χ0n) is 14.0. The summed E-state index contributed by atoms with van der Waals surface area (Å²) < 4.78 is 11.3. The van der Waals surface area contributed by atoms with Gasteiger partial charge in [0.25, 0.3) is 0 Å². The normalized spacial score (nSPS) is 14.8. The first-order valence-electron chi connectivity index (χ1n) is 8.18. The lowest BCUT2D eigenvalue weighted by molar-refractivity contribution is 0.171. The third kappa shape index (κ3) is 3.82. The van der Waals surface area contributed by atoms with E-state index in [9.17, 15) is 0 Å². The minimum Gasteiger partial charge on any atom is -0.486 e. The molecule has 1 aliphatic rings. The number of pyridine rings is 1. The van der Waals surface area contributed by atoms with E-state index in [1.807, 2.05) is 12.3 Å². The maximum absolute atomic E-state index is 5.70. The summed E-state index contributed by atoms with van der Waals surface area (Å²) in [5, 5.41) is 3.62. The molecule has 4 heteroatoms. The molecule has 0 fully saturated rings. The summed E-state index contributed by atoms with van der Waals surface area (Å²) in [6.07, 6.45) is 1.91. The van der Waals surface area contributed by atoms with Gasteiger partial charge in [-0.25, -0.2) is 0 Å². The van der Waals surface area contributed by atoms with E-state index in [4.69, 9.17) is 9.47 Å². The Morgan fingerprint density at radius 3 is 2.57 bits per heavy atom. The lowest BCUT2D eigenvalue weighted by atomic mass is 9.95. The van der Waals surface area contributed by atoms with Crippen molar-refractivity contribution in [1.29, 1.82) is 0 Å². The number of benzene rings is 1. The maximum Gasteiger partial charge on any atom is 0.161 e. The molecular weight excluding hydrogens is 288 g/mol. The Labute approximate surface area is 137 Å². The van der Waals surface area contributed by atoms with Crippen molar-refractivity contribution in [3.05, 3.63) is 53.3 Å². The first kappa shape index (κ1) is 15.8. The van der Waals surface area contributed by atoms with Crippen molar-refractivity contribution in [2.45, 2.75) is 33.4 Å². The summed E-state index contributed by atoms with van der Waals surface area (Å²) in [6, 6.07) is 10.6. The molecule has 0 spiro atoms. The second-order valence-electron chi connectivity index (χ2n) is 6.33. The Morgan fingerprint density at radius 1 is 1.09 bits per heavy atom. The molecule has 2 heterocycles. The summed E-state index contributed by atoms with van der Waals surface area (Å²) in [5.74, 6) is 2.14. The van der Waals surface area contributed by atoms with E-state index < -0.39 is 0 Å². The highest BCUT2D eigenvalue weighted by Gasteiger charge is 2.19. The van der Waals surface area contributed by atoms with E-state index in [2.05, 4.69) is 55.3 Å². The lowest BCUT2D eigenvalue weighted by Gasteiger charge is -2.25. The number of nitrogens with one attached hydrogen (secondary N) is 1. The molecule has 23 heavy (non-hydrogen) atoms. The molecule has 0 aliphatic carbocycles. The van der Waals surface area contributed by atoms with Gasteiger partial charge in [-0.1, -0.05) is 26.0 Å². The van der Waals surface area contributed by atoms with Crippen LogP contribution in [0.25, 0.3) is 0 Å². The second kappa shape index (κ2) is 7.01. The Kier molecular flexibility index (Phi) is 4.82. The van der Waals surface area contributed by atoms with Gasteiger partial charge in [-0.2, -0.15) is 0 Å². The molecule has 0 saturated heterocycles. The van der Waals surface area contributed by atoms with E-state index in [0.717, 1.165) is 23.7 Å². The molecule has 1 N–H and O–H groups in total. The molecule has 1 unspecified atom stereocenters. The van der Waals surface area contributed by atoms with Gasteiger partial charge >= 0.3 is 0 Å². The minimum atomic E-state index is 0.244. The maximum atomic E-state index is 5.70. The van der Waals surface area contributed by atoms with Crippen LogP contribution in [0.1, 0.15) is 36.7 Å². The number of ether oxygens (including phenoxy) is 2. The SMILES string of the molecule is Cc1ccc(CNC(c2ccc3c(c2)OCCO3)C(C)C)nc1. The molecule has 1 aliphatic heterocycles. The summed E-state index contributed by atoms with van der Waals surface area (Å²) in [5.41, 5.74) is 3.45. The predicted molar refractivity (Wildman–Crippen MR) is 90.8 cm³/mol. The van der Waals surface area contributed by atoms with E-state index in [1.54, 1.807) is 0 Å². The van der Waals surface area contributed by atoms with Gasteiger partial charge in [0, 0.05) is 18.8 Å². The molecule has 3 rings (SSSR count). The van der Waals surface area contributed by atoms with Gasteiger partial charge in [0.2, 0.25) is 0 Å². The molecule has 1 atom stereocenters. The van der Waals surface area contributed by atoms with Crippen molar-refractivity contribution in [2.75, 3.05) is 13.2 Å². The van der Waals surface area contributed by atoms with Crippen LogP contribution in [0.15, 0.2) is 36.5 Å². The van der Waals surface area contributed by atoms with Crippen molar-refractivity contribution in [2.24, 2.45) is 5.92 Å². The van der Waals surface area contributed by atoms with E-state index in [1.165, 1.54) is 11.1 Å². The van der Waals surface area contributed by atoms with Crippen LogP contribution < -0.4 is 14.8 Å². The monoisotopic (exact) mass is 312 g/mol. The Morgan fingerprint density at radius 2 is 1.87 bits per heavy atom. The van der Waals surface area contributed by atoms with Crippen LogP contribution in [0.5, 0.6) is 11.5 Å². The van der Waals surface area contributed by atoms with Crippen molar-refractivity contribution in [3.63, 3.8) is 0 Å². The minimum absolute atomic E-state index is 0.244. The van der Waals surface area contributed by atoms with Gasteiger partial charge in [-0.05, 0) is 42.2 Å². The second-order valence-corrected chi connectivity index (χ2v) is 6.33. The fourth-order valence-corrected chi connectivity index (χ4v) is 2.81. The fourth-order valence-electron chi connectivity index (χ4n) is 2.81. The molecule has 122 valence electrons. The Balaban J connectivity index is 1.74. The molecule has 0 bridgehead atoms. The highest BCUT2D eigenvalue weighted by Crippen LogP contribution is 2.34. The van der Waals surface area contributed by atoms with Crippen LogP contribution in [0, 0.1) is 12.8 Å². The third-order valence-corrected chi connectivity index (χ3v) is 4.07. The number of aryl methyl sites for hydroxylation is 1. The molecular formula is C19H24N2O2. The molecule has 1 aromatic carbocycles. The van der Waals surface area contributed by atoms with Crippen molar-refractivity contribution in [1.82, 2.24) is 10.3 Å². The lowest BCUT2D eigenvalue weighted by Crippen LogP contribution is -2.26. The Bertz CT molecular complexity index is 653. The third-order valence-electron chi connectivity index (χ3n) is 4.07. The standard InChI is InChI=1S/C19H24N2O2/c1-13(2)19(21-12-16-6-4-14(3)11-20-16)15-5-7-17-18(10-15)23-9-8-22-17/h4-7,10-11,13,19,21H,8-9,12H2,1-3H3. The number of aromatic nitrogens is 1. The van der Waals surface area contributed by atoms with Crippen LogP contribution in [-0.4, -0.2) is 18.2 Å². The topological polar surface area (TPSA) is 43.4 Å². The van der Waals surface area contributed by atoms with Crippen molar-refractivity contribution >= 4 is 0 Å². The number of nitrogens with zero attached hydrogens (tertiary/aromatic N) is 1. The molecule has 0 saturated carbocycles. The Hall–Kier alpha value is -2.07. The fraction of sp³-hybridized carbons (Fsp3) is 0.421. The molecule has 2 aromatic rings. The van der Waals surface area contributed by atoms with Crippen LogP contribution >= 0.6 is 0 Å². The number of hydrogen-bond donors (Lipinski definition) is 1. The van der Waals surface area contributed by atoms with Crippen LogP contribution in [0.3, 0.4) is 0 Å². The molecule has 0 radical (unpaired) electrons. The van der Waals surface area contributed by atoms with Gasteiger partial charge in [-0.3, -0.25) is 4.98 Å². The van der Waals surface area contributed by atoms with Crippen molar-refractivity contribution in [3.8, 4) is 11.5 Å². The van der Waals surface area contributed by atoms with E-state index >= 15 is 0 Å². The largest absolute Gasteiger partial charge is 0.486 e. The first-order valence-corrected chi connectivity index (χ1v) is 8.18. The number of hydrogen-bond acceptors (Lipinski definition) is 4. The molecule has 0 amide bonds. The highest BCUT2D eigenvalue weighted by atomic mass is 16.6. The highest BCUT2D eigenvalue weighted by molar-refractivity contribution is 5.44. The quantitative estimate of drug-likeness (QED) is 0.915. The van der Waals surface area contributed by atoms with Gasteiger partial charge in [0.15, 0.2) is 11.5 Å². The summed E-state index contributed by atoms with van der Waals surface area (Å²) in [4.78, 5) is 4.47.